The molecule has 0 aliphatic heterocycles. The van der Waals surface area contributed by atoms with Crippen molar-refractivity contribution in [3.05, 3.63) is 12.8 Å². The maximum absolute atomic E-state index is 11.6. The van der Waals surface area contributed by atoms with Gasteiger partial charge in [-0.1, -0.05) is 41.2 Å². The molecule has 18 heavy (non-hydrogen) atoms. The summed E-state index contributed by atoms with van der Waals surface area (Å²) in [6, 6.07) is 0. The average molecular weight is 255 g/mol. The van der Waals surface area contributed by atoms with Crippen LogP contribution in [-0.4, -0.2) is 18.1 Å². The maximum Gasteiger partial charge on any atom is 0.222 e. The van der Waals surface area contributed by atoms with Gasteiger partial charge in [0.05, 0.1) is 6.26 Å². The highest BCUT2D eigenvalue weighted by molar-refractivity contribution is 5.77. The summed E-state index contributed by atoms with van der Waals surface area (Å²) in [4.78, 5) is 11.6. The highest BCUT2D eigenvalue weighted by atomic mass is 16.5. The normalized spacial score (nSPS) is 15.1. The van der Waals surface area contributed by atoms with Crippen LogP contribution in [0.5, 0.6) is 0 Å². The third-order valence-corrected chi connectivity index (χ3v) is 3.23. The second-order valence-electron chi connectivity index (χ2n) is 6.30. The second kappa shape index (κ2) is 6.81. The lowest BCUT2D eigenvalue weighted by Crippen LogP contribution is -2.41. The molecule has 0 saturated carbocycles. The summed E-state index contributed by atoms with van der Waals surface area (Å²) in [6.45, 7) is 16.6. The van der Waals surface area contributed by atoms with Crippen LogP contribution in [0.1, 0.15) is 54.4 Å². The molecule has 0 heterocycles. The van der Waals surface area contributed by atoms with Gasteiger partial charge in [-0.15, -0.1) is 0 Å². The minimum atomic E-state index is -0.214. The van der Waals surface area contributed by atoms with Gasteiger partial charge in [-0.25, -0.2) is 0 Å². The molecule has 1 unspecified atom stereocenters. The molecule has 3 nitrogen and oxygen atoms in total. The van der Waals surface area contributed by atoms with Crippen molar-refractivity contribution in [3.63, 3.8) is 0 Å². The molecule has 0 radical (unpaired) electrons. The number of carbonyl (C=O) groups is 1. The Morgan fingerprint density at radius 1 is 1.39 bits per heavy atom. The van der Waals surface area contributed by atoms with E-state index in [1.165, 1.54) is 6.26 Å². The number of carbonyl (C=O) groups excluding carboxylic acids is 1. The fourth-order valence-electron chi connectivity index (χ4n) is 2.06. The number of rotatable bonds is 8. The summed E-state index contributed by atoms with van der Waals surface area (Å²) in [5, 5.41) is 2.99. The number of hydrogen-bond donors (Lipinski definition) is 1. The van der Waals surface area contributed by atoms with Gasteiger partial charge in [-0.3, -0.25) is 4.79 Å². The van der Waals surface area contributed by atoms with Crippen LogP contribution in [0.25, 0.3) is 0 Å². The molecular formula is C15H29NO2. The van der Waals surface area contributed by atoms with Gasteiger partial charge in [0, 0.05) is 12.5 Å². The molecule has 0 fully saturated rings. The van der Waals surface area contributed by atoms with Crippen LogP contribution in [0.4, 0.5) is 0 Å². The Morgan fingerprint density at radius 2 is 1.94 bits per heavy atom. The van der Waals surface area contributed by atoms with Crippen molar-refractivity contribution in [3.8, 4) is 0 Å². The van der Waals surface area contributed by atoms with E-state index in [4.69, 9.17) is 4.74 Å². The second-order valence-corrected chi connectivity index (χ2v) is 6.30. The third kappa shape index (κ3) is 6.08. The molecule has 0 bridgehead atoms. The zero-order valence-electron chi connectivity index (χ0n) is 12.8. The fraction of sp³-hybridized carbons (Fsp3) is 0.800. The molecule has 0 aliphatic carbocycles. The molecule has 1 N–H and O–H groups in total. The molecule has 1 amide bonds. The Kier molecular flexibility index (Phi) is 6.44. The van der Waals surface area contributed by atoms with E-state index >= 15 is 0 Å². The van der Waals surface area contributed by atoms with E-state index in [-0.39, 0.29) is 22.8 Å². The number of nitrogens with one attached hydrogen (secondary N) is 1. The van der Waals surface area contributed by atoms with E-state index in [9.17, 15) is 4.79 Å². The largest absolute Gasteiger partial charge is 0.496 e. The standard InChI is InChI=1S/C15H29NO2/c1-8-15(7,18-9-2)10-14(5,6)11-16-13(17)12(3)4/h9,12H,2,8,10-11H2,1,3-7H3,(H,16,17). The Balaban J connectivity index is 4.45. The molecule has 1 atom stereocenters. The number of hydrogen-bond acceptors (Lipinski definition) is 2. The molecule has 0 aromatic carbocycles. The summed E-state index contributed by atoms with van der Waals surface area (Å²) in [5.41, 5.74) is -0.216. The van der Waals surface area contributed by atoms with Gasteiger partial charge >= 0.3 is 0 Å². The predicted octanol–water partition coefficient (Wildman–Crippen LogP) is 3.50. The van der Waals surface area contributed by atoms with Crippen molar-refractivity contribution in [2.75, 3.05) is 6.54 Å². The highest BCUT2D eigenvalue weighted by Crippen LogP contribution is 2.32. The van der Waals surface area contributed by atoms with E-state index in [2.05, 4.69) is 39.6 Å². The molecule has 0 rings (SSSR count). The van der Waals surface area contributed by atoms with Gasteiger partial charge in [-0.05, 0) is 25.2 Å². The minimum Gasteiger partial charge on any atom is -0.496 e. The topological polar surface area (TPSA) is 38.3 Å². The molecule has 106 valence electrons. The van der Waals surface area contributed by atoms with E-state index in [0.717, 1.165) is 12.8 Å². The van der Waals surface area contributed by atoms with E-state index in [1.807, 2.05) is 13.8 Å². The fourth-order valence-corrected chi connectivity index (χ4v) is 2.06. The molecule has 0 spiro atoms. The zero-order chi connectivity index (χ0) is 14.4. The first-order valence-electron chi connectivity index (χ1n) is 6.72. The van der Waals surface area contributed by atoms with E-state index < -0.39 is 0 Å². The first kappa shape index (κ1) is 17.0. The van der Waals surface area contributed by atoms with Crippen molar-refractivity contribution < 1.29 is 9.53 Å². The predicted molar refractivity (Wildman–Crippen MR) is 76.2 cm³/mol. The summed E-state index contributed by atoms with van der Waals surface area (Å²) in [6.07, 6.45) is 3.30. The summed E-state index contributed by atoms with van der Waals surface area (Å²) >= 11 is 0. The van der Waals surface area contributed by atoms with Crippen LogP contribution >= 0.6 is 0 Å². The monoisotopic (exact) mass is 255 g/mol. The van der Waals surface area contributed by atoms with E-state index in [1.54, 1.807) is 0 Å². The third-order valence-electron chi connectivity index (χ3n) is 3.23. The van der Waals surface area contributed by atoms with Crippen molar-refractivity contribution in [2.45, 2.75) is 60.0 Å². The molecule has 0 aromatic heterocycles. The van der Waals surface area contributed by atoms with Crippen LogP contribution in [-0.2, 0) is 9.53 Å². The van der Waals surface area contributed by atoms with Gasteiger partial charge in [0.1, 0.15) is 5.60 Å². The van der Waals surface area contributed by atoms with Gasteiger partial charge in [0.2, 0.25) is 5.91 Å². The van der Waals surface area contributed by atoms with Gasteiger partial charge in [0.25, 0.3) is 0 Å². The summed E-state index contributed by atoms with van der Waals surface area (Å²) < 4.78 is 5.62. The van der Waals surface area contributed by atoms with Crippen LogP contribution in [0.3, 0.4) is 0 Å². The van der Waals surface area contributed by atoms with Crippen molar-refractivity contribution >= 4 is 5.91 Å². The average Bonchev–Trinajstić information content (AvgIpc) is 2.25. The van der Waals surface area contributed by atoms with Gasteiger partial charge < -0.3 is 10.1 Å². The summed E-state index contributed by atoms with van der Waals surface area (Å²) in [7, 11) is 0. The molecular weight excluding hydrogens is 226 g/mol. The first-order chi connectivity index (χ1) is 8.16. The molecule has 0 aliphatic rings. The van der Waals surface area contributed by atoms with E-state index in [0.29, 0.717) is 6.54 Å². The summed E-state index contributed by atoms with van der Waals surface area (Å²) in [5.74, 6) is 0.133. The lowest BCUT2D eigenvalue weighted by Gasteiger charge is -2.36. The molecule has 3 heteroatoms. The van der Waals surface area contributed by atoms with Crippen LogP contribution in [0.15, 0.2) is 12.8 Å². The van der Waals surface area contributed by atoms with Crippen LogP contribution < -0.4 is 5.32 Å². The molecule has 0 saturated heterocycles. The Morgan fingerprint density at radius 3 is 2.33 bits per heavy atom. The lowest BCUT2D eigenvalue weighted by atomic mass is 9.79. The lowest BCUT2D eigenvalue weighted by molar-refractivity contribution is -0.124. The maximum atomic E-state index is 11.6. The Labute approximate surface area is 112 Å². The van der Waals surface area contributed by atoms with Crippen LogP contribution in [0.2, 0.25) is 0 Å². The SMILES string of the molecule is C=COC(C)(CC)CC(C)(C)CNC(=O)C(C)C. The number of ether oxygens (including phenoxy) is 1. The zero-order valence-corrected chi connectivity index (χ0v) is 12.8. The van der Waals surface area contributed by atoms with Crippen LogP contribution in [0, 0.1) is 11.3 Å². The highest BCUT2D eigenvalue weighted by Gasteiger charge is 2.32. The number of amides is 1. The smallest absolute Gasteiger partial charge is 0.222 e. The minimum absolute atomic E-state index is 0.00167. The molecule has 0 aromatic rings. The van der Waals surface area contributed by atoms with Crippen molar-refractivity contribution in [1.82, 2.24) is 5.32 Å². The Bertz CT molecular complexity index is 284. The first-order valence-corrected chi connectivity index (χ1v) is 6.72. The van der Waals surface area contributed by atoms with Gasteiger partial charge in [0.15, 0.2) is 0 Å². The van der Waals surface area contributed by atoms with Gasteiger partial charge in [-0.2, -0.15) is 0 Å². The van der Waals surface area contributed by atoms with Crippen molar-refractivity contribution in [1.29, 1.82) is 0 Å². The van der Waals surface area contributed by atoms with Crippen molar-refractivity contribution in [2.24, 2.45) is 11.3 Å². The Hall–Kier alpha value is -0.990. The quantitative estimate of drug-likeness (QED) is 0.674.